The van der Waals surface area contributed by atoms with Crippen molar-refractivity contribution in [2.75, 3.05) is 11.9 Å². The largest absolute Gasteiger partial charge is 0.389 e. The van der Waals surface area contributed by atoms with Crippen LogP contribution in [0.15, 0.2) is 54.6 Å². The van der Waals surface area contributed by atoms with E-state index >= 15 is 0 Å². The van der Waals surface area contributed by atoms with Crippen LogP contribution in [0.3, 0.4) is 0 Å². The number of nitrogens with two attached hydrogens (primary N) is 1. The van der Waals surface area contributed by atoms with Crippen LogP contribution in [0, 0.1) is 0 Å². The molecule has 0 radical (unpaired) electrons. The van der Waals surface area contributed by atoms with E-state index in [0.29, 0.717) is 4.99 Å². The molecular weight excluding hydrogens is 240 g/mol. The van der Waals surface area contributed by atoms with Crippen LogP contribution >= 0.6 is 12.2 Å². The van der Waals surface area contributed by atoms with Crippen molar-refractivity contribution in [3.63, 3.8) is 0 Å². The van der Waals surface area contributed by atoms with Gasteiger partial charge in [0.15, 0.2) is 0 Å². The molecule has 3 heteroatoms. The smallest absolute Gasteiger partial charge is 0.104 e. The third kappa shape index (κ3) is 2.87. The molecule has 0 unspecified atom stereocenters. The highest BCUT2D eigenvalue weighted by atomic mass is 32.1. The Hall–Kier alpha value is -1.87. The summed E-state index contributed by atoms with van der Waals surface area (Å²) in [5.41, 5.74) is 9.02. The van der Waals surface area contributed by atoms with E-state index in [1.165, 1.54) is 5.69 Å². The molecule has 2 rings (SSSR count). The number of thiocarbonyl (C=S) groups is 1. The van der Waals surface area contributed by atoms with Crippen molar-refractivity contribution < 1.29 is 0 Å². The second-order valence-electron chi connectivity index (χ2n) is 4.21. The van der Waals surface area contributed by atoms with Crippen LogP contribution in [0.25, 0.3) is 0 Å². The molecule has 0 saturated heterocycles. The third-order valence-corrected chi connectivity index (χ3v) is 3.11. The number of hydrogen-bond donors (Lipinski definition) is 1. The Bertz CT molecular complexity index is 537. The van der Waals surface area contributed by atoms with Crippen molar-refractivity contribution >= 4 is 22.9 Å². The Labute approximate surface area is 113 Å². The molecular formula is C15H16N2S. The van der Waals surface area contributed by atoms with Gasteiger partial charge in [-0.25, -0.2) is 0 Å². The number of nitrogens with zero attached hydrogens (tertiary/aromatic N) is 1. The van der Waals surface area contributed by atoms with E-state index in [2.05, 4.69) is 30.1 Å². The Kier molecular flexibility index (Phi) is 3.95. The quantitative estimate of drug-likeness (QED) is 0.853. The molecule has 0 fully saturated rings. The molecule has 0 aromatic heterocycles. The average Bonchev–Trinajstić information content (AvgIpc) is 2.40. The molecule has 2 aromatic carbocycles. The lowest BCUT2D eigenvalue weighted by Gasteiger charge is -2.20. The maximum absolute atomic E-state index is 5.74. The van der Waals surface area contributed by atoms with Crippen LogP contribution in [-0.2, 0) is 6.54 Å². The molecule has 2 aromatic rings. The molecule has 0 bridgehead atoms. The summed E-state index contributed by atoms with van der Waals surface area (Å²) in [6.45, 7) is 0.789. The van der Waals surface area contributed by atoms with Gasteiger partial charge in [-0.3, -0.25) is 0 Å². The van der Waals surface area contributed by atoms with E-state index in [4.69, 9.17) is 18.0 Å². The van der Waals surface area contributed by atoms with Gasteiger partial charge in [-0.15, -0.1) is 0 Å². The average molecular weight is 256 g/mol. The van der Waals surface area contributed by atoms with Crippen molar-refractivity contribution in [2.24, 2.45) is 5.73 Å². The molecule has 0 saturated carbocycles. The van der Waals surface area contributed by atoms with E-state index in [1.807, 2.05) is 36.4 Å². The summed E-state index contributed by atoms with van der Waals surface area (Å²) in [4.78, 5) is 2.63. The summed E-state index contributed by atoms with van der Waals surface area (Å²) < 4.78 is 0. The molecule has 2 N–H and O–H groups in total. The summed E-state index contributed by atoms with van der Waals surface area (Å²) in [5.74, 6) is 0. The zero-order valence-electron chi connectivity index (χ0n) is 10.3. The van der Waals surface area contributed by atoms with Gasteiger partial charge in [0.2, 0.25) is 0 Å². The molecule has 0 atom stereocenters. The molecule has 18 heavy (non-hydrogen) atoms. The van der Waals surface area contributed by atoms with Gasteiger partial charge in [0.25, 0.3) is 0 Å². The highest BCUT2D eigenvalue weighted by Crippen LogP contribution is 2.17. The Balaban J connectivity index is 2.22. The number of anilines is 1. The normalized spacial score (nSPS) is 10.1. The highest BCUT2D eigenvalue weighted by Gasteiger charge is 2.07. The lowest BCUT2D eigenvalue weighted by atomic mass is 10.1. The molecule has 92 valence electrons. The van der Waals surface area contributed by atoms with Gasteiger partial charge in [0, 0.05) is 24.8 Å². The van der Waals surface area contributed by atoms with E-state index in [1.54, 1.807) is 0 Å². The van der Waals surface area contributed by atoms with E-state index < -0.39 is 0 Å². The predicted molar refractivity (Wildman–Crippen MR) is 80.9 cm³/mol. The minimum atomic E-state index is 0.451. The van der Waals surface area contributed by atoms with Gasteiger partial charge in [-0.2, -0.15) is 0 Å². The molecule has 0 aliphatic carbocycles. The summed E-state index contributed by atoms with van der Waals surface area (Å²) in [7, 11) is 2.06. The lowest BCUT2D eigenvalue weighted by molar-refractivity contribution is 0.921. The molecule has 0 amide bonds. The first kappa shape index (κ1) is 12.6. The topological polar surface area (TPSA) is 29.3 Å². The fourth-order valence-corrected chi connectivity index (χ4v) is 2.13. The van der Waals surface area contributed by atoms with Crippen molar-refractivity contribution in [2.45, 2.75) is 6.54 Å². The van der Waals surface area contributed by atoms with E-state index in [0.717, 1.165) is 17.7 Å². The standard InChI is InChI=1S/C15H16N2S/c1-17(13-8-3-2-4-9-13)11-12-7-5-6-10-14(12)15(16)18/h2-10H,11H2,1H3,(H2,16,18). The Morgan fingerprint density at radius 1 is 1.06 bits per heavy atom. The van der Waals surface area contributed by atoms with Crippen molar-refractivity contribution in [3.05, 3.63) is 65.7 Å². The Morgan fingerprint density at radius 2 is 1.67 bits per heavy atom. The number of hydrogen-bond acceptors (Lipinski definition) is 2. The number of para-hydroxylation sites is 1. The van der Waals surface area contributed by atoms with Crippen LogP contribution < -0.4 is 10.6 Å². The van der Waals surface area contributed by atoms with Gasteiger partial charge in [0.1, 0.15) is 4.99 Å². The van der Waals surface area contributed by atoms with Crippen LogP contribution in [-0.4, -0.2) is 12.0 Å². The first-order valence-corrected chi connectivity index (χ1v) is 6.23. The first-order chi connectivity index (χ1) is 8.68. The Morgan fingerprint density at radius 3 is 2.33 bits per heavy atom. The maximum Gasteiger partial charge on any atom is 0.104 e. The molecule has 0 spiro atoms. The summed E-state index contributed by atoms with van der Waals surface area (Å²) >= 11 is 5.08. The number of benzene rings is 2. The SMILES string of the molecule is CN(Cc1ccccc1C(N)=S)c1ccccc1. The van der Waals surface area contributed by atoms with E-state index in [-0.39, 0.29) is 0 Å². The molecule has 0 aliphatic heterocycles. The molecule has 0 heterocycles. The van der Waals surface area contributed by atoms with E-state index in [9.17, 15) is 0 Å². The minimum Gasteiger partial charge on any atom is -0.389 e. The monoisotopic (exact) mass is 256 g/mol. The van der Waals surface area contributed by atoms with Gasteiger partial charge in [0.05, 0.1) is 0 Å². The summed E-state index contributed by atoms with van der Waals surface area (Å²) in [5, 5.41) is 0. The van der Waals surface area contributed by atoms with Crippen LogP contribution in [0.5, 0.6) is 0 Å². The van der Waals surface area contributed by atoms with Crippen LogP contribution in [0.1, 0.15) is 11.1 Å². The van der Waals surface area contributed by atoms with Gasteiger partial charge < -0.3 is 10.6 Å². The highest BCUT2D eigenvalue weighted by molar-refractivity contribution is 7.80. The second kappa shape index (κ2) is 5.65. The summed E-state index contributed by atoms with van der Waals surface area (Å²) in [6.07, 6.45) is 0. The van der Waals surface area contributed by atoms with Gasteiger partial charge in [-0.1, -0.05) is 54.7 Å². The van der Waals surface area contributed by atoms with Gasteiger partial charge >= 0.3 is 0 Å². The van der Waals surface area contributed by atoms with Crippen molar-refractivity contribution in [3.8, 4) is 0 Å². The fourth-order valence-electron chi connectivity index (χ4n) is 1.93. The predicted octanol–water partition coefficient (Wildman–Crippen LogP) is 2.96. The summed E-state index contributed by atoms with van der Waals surface area (Å²) in [6, 6.07) is 18.3. The fraction of sp³-hybridized carbons (Fsp3) is 0.133. The second-order valence-corrected chi connectivity index (χ2v) is 4.65. The zero-order valence-corrected chi connectivity index (χ0v) is 11.2. The van der Waals surface area contributed by atoms with Crippen LogP contribution in [0.4, 0.5) is 5.69 Å². The van der Waals surface area contributed by atoms with Gasteiger partial charge in [-0.05, 0) is 17.7 Å². The lowest BCUT2D eigenvalue weighted by Crippen LogP contribution is -2.20. The molecule has 2 nitrogen and oxygen atoms in total. The zero-order chi connectivity index (χ0) is 13.0. The first-order valence-electron chi connectivity index (χ1n) is 5.82. The third-order valence-electron chi connectivity index (χ3n) is 2.89. The number of rotatable bonds is 4. The van der Waals surface area contributed by atoms with Crippen molar-refractivity contribution in [1.82, 2.24) is 0 Å². The maximum atomic E-state index is 5.74. The van der Waals surface area contributed by atoms with Crippen LogP contribution in [0.2, 0.25) is 0 Å². The molecule has 0 aliphatic rings. The van der Waals surface area contributed by atoms with Crippen molar-refractivity contribution in [1.29, 1.82) is 0 Å². The minimum absolute atomic E-state index is 0.451.